The number of aryl methyl sites for hydroxylation is 2. The van der Waals surface area contributed by atoms with Crippen LogP contribution in [-0.4, -0.2) is 80.0 Å². The Morgan fingerprint density at radius 1 is 0.917 bits per heavy atom. The van der Waals surface area contributed by atoms with E-state index >= 15 is 0 Å². The minimum absolute atomic E-state index is 0.240. The molecule has 0 saturated carbocycles. The van der Waals surface area contributed by atoms with Crippen molar-refractivity contribution in [1.29, 1.82) is 0 Å². The van der Waals surface area contributed by atoms with Crippen molar-refractivity contribution >= 4 is 10.0 Å². The molecule has 3 rings (SSSR count). The number of likely N-dealkylation sites (tertiary alicyclic amines) is 1. The highest BCUT2D eigenvalue weighted by molar-refractivity contribution is 7.89. The number of hydrogen-bond acceptors (Lipinski definition) is 6. The van der Waals surface area contributed by atoms with Crippen molar-refractivity contribution in [2.75, 3.05) is 52.4 Å². The van der Waals surface area contributed by atoms with E-state index in [4.69, 9.17) is 4.52 Å². The Kier molecular flexibility index (Phi) is 5.59. The summed E-state index contributed by atoms with van der Waals surface area (Å²) >= 11 is 0. The van der Waals surface area contributed by atoms with E-state index in [9.17, 15) is 8.42 Å². The van der Waals surface area contributed by atoms with Crippen LogP contribution in [0.25, 0.3) is 0 Å². The fourth-order valence-electron chi connectivity index (χ4n) is 3.63. The van der Waals surface area contributed by atoms with Crippen LogP contribution in [0.4, 0.5) is 0 Å². The second-order valence-electron chi connectivity index (χ2n) is 6.80. The molecule has 0 spiro atoms. The van der Waals surface area contributed by atoms with E-state index in [-0.39, 0.29) is 4.90 Å². The normalized spacial score (nSPS) is 22.1. The van der Waals surface area contributed by atoms with Gasteiger partial charge in [-0.2, -0.15) is 4.31 Å². The van der Waals surface area contributed by atoms with Crippen molar-refractivity contribution in [3.8, 4) is 0 Å². The predicted octanol–water partition coefficient (Wildman–Crippen LogP) is 1.08. The predicted molar refractivity (Wildman–Crippen MR) is 91.5 cm³/mol. The summed E-state index contributed by atoms with van der Waals surface area (Å²) in [6.45, 7) is 10.5. The topological polar surface area (TPSA) is 69.9 Å². The van der Waals surface area contributed by atoms with Crippen molar-refractivity contribution < 1.29 is 12.9 Å². The standard InChI is InChI=1S/C16H28N4O3S/c1-14-16(15(2)23-17-14)24(21,22)20-12-10-19(11-13-20)9-8-18-6-4-3-5-7-18/h3-13H2,1-2H3. The molecule has 24 heavy (non-hydrogen) atoms. The first-order valence-electron chi connectivity index (χ1n) is 8.86. The molecule has 0 N–H and O–H groups in total. The minimum atomic E-state index is -3.50. The third-order valence-corrected chi connectivity index (χ3v) is 7.22. The Labute approximate surface area is 144 Å². The molecule has 0 bridgehead atoms. The van der Waals surface area contributed by atoms with Gasteiger partial charge in [0.05, 0.1) is 0 Å². The summed E-state index contributed by atoms with van der Waals surface area (Å²) in [5, 5.41) is 3.78. The average molecular weight is 356 g/mol. The highest BCUT2D eigenvalue weighted by atomic mass is 32.2. The van der Waals surface area contributed by atoms with Gasteiger partial charge in [0.25, 0.3) is 0 Å². The Morgan fingerprint density at radius 3 is 2.04 bits per heavy atom. The number of aromatic nitrogens is 1. The second-order valence-corrected chi connectivity index (χ2v) is 8.68. The van der Waals surface area contributed by atoms with Crippen LogP contribution in [0.2, 0.25) is 0 Å². The Bertz CT molecular complexity index is 625. The van der Waals surface area contributed by atoms with Crippen molar-refractivity contribution in [3.05, 3.63) is 11.5 Å². The minimum Gasteiger partial charge on any atom is -0.360 e. The molecule has 3 heterocycles. The number of hydrogen-bond donors (Lipinski definition) is 0. The molecule has 2 fully saturated rings. The van der Waals surface area contributed by atoms with Gasteiger partial charge < -0.3 is 9.42 Å². The van der Waals surface area contributed by atoms with E-state index in [0.29, 0.717) is 24.5 Å². The van der Waals surface area contributed by atoms with E-state index in [2.05, 4.69) is 15.0 Å². The molecular formula is C16H28N4O3S. The van der Waals surface area contributed by atoms with Crippen LogP contribution in [0.5, 0.6) is 0 Å². The van der Waals surface area contributed by atoms with E-state index in [0.717, 1.165) is 26.2 Å². The molecule has 136 valence electrons. The highest BCUT2D eigenvalue weighted by Gasteiger charge is 2.33. The molecule has 1 aromatic heterocycles. The average Bonchev–Trinajstić information content (AvgIpc) is 2.93. The van der Waals surface area contributed by atoms with Crippen molar-refractivity contribution in [1.82, 2.24) is 19.3 Å². The third-order valence-electron chi connectivity index (χ3n) is 5.08. The largest absolute Gasteiger partial charge is 0.360 e. The van der Waals surface area contributed by atoms with Gasteiger partial charge in [0.15, 0.2) is 5.76 Å². The number of piperazine rings is 1. The first kappa shape index (κ1) is 17.8. The first-order valence-corrected chi connectivity index (χ1v) is 10.3. The summed E-state index contributed by atoms with van der Waals surface area (Å²) < 4.78 is 32.2. The number of piperidine rings is 1. The lowest BCUT2D eigenvalue weighted by Crippen LogP contribution is -2.50. The molecule has 0 aromatic carbocycles. The summed E-state index contributed by atoms with van der Waals surface area (Å²) in [7, 11) is -3.50. The monoisotopic (exact) mass is 356 g/mol. The van der Waals surface area contributed by atoms with Crippen molar-refractivity contribution in [2.24, 2.45) is 0 Å². The maximum atomic E-state index is 12.8. The quantitative estimate of drug-likeness (QED) is 0.786. The van der Waals surface area contributed by atoms with Gasteiger partial charge in [-0.15, -0.1) is 0 Å². The third kappa shape index (κ3) is 3.82. The molecule has 0 radical (unpaired) electrons. The molecular weight excluding hydrogens is 328 g/mol. The lowest BCUT2D eigenvalue weighted by atomic mass is 10.1. The molecule has 2 aliphatic rings. The van der Waals surface area contributed by atoms with E-state index < -0.39 is 10.0 Å². The van der Waals surface area contributed by atoms with E-state index in [1.54, 1.807) is 18.2 Å². The SMILES string of the molecule is Cc1noc(C)c1S(=O)(=O)N1CCN(CCN2CCCCC2)CC1. The van der Waals surface area contributed by atoms with Gasteiger partial charge in [-0.25, -0.2) is 8.42 Å². The molecule has 1 aromatic rings. The van der Waals surface area contributed by atoms with E-state index in [1.165, 1.54) is 32.4 Å². The Hall–Kier alpha value is -0.960. The summed E-state index contributed by atoms with van der Waals surface area (Å²) in [6.07, 6.45) is 3.97. The van der Waals surface area contributed by atoms with Crippen LogP contribution in [0.15, 0.2) is 9.42 Å². The molecule has 2 saturated heterocycles. The molecule has 8 heteroatoms. The van der Waals surface area contributed by atoms with E-state index in [1.807, 2.05) is 0 Å². The van der Waals surface area contributed by atoms with Crippen LogP contribution in [0.1, 0.15) is 30.7 Å². The lowest BCUT2D eigenvalue weighted by Gasteiger charge is -2.35. The molecule has 0 atom stereocenters. The van der Waals surface area contributed by atoms with Gasteiger partial charge in [0, 0.05) is 39.3 Å². The summed E-state index contributed by atoms with van der Waals surface area (Å²) in [4.78, 5) is 5.13. The lowest BCUT2D eigenvalue weighted by molar-refractivity contribution is 0.149. The zero-order chi connectivity index (χ0) is 17.2. The molecule has 0 unspecified atom stereocenters. The molecule has 7 nitrogen and oxygen atoms in total. The van der Waals surface area contributed by atoms with Crippen molar-refractivity contribution in [3.63, 3.8) is 0 Å². The number of sulfonamides is 1. The molecule has 0 aliphatic carbocycles. The van der Waals surface area contributed by atoms with Gasteiger partial charge in [-0.1, -0.05) is 11.6 Å². The molecule has 0 amide bonds. The maximum Gasteiger partial charge on any atom is 0.248 e. The number of rotatable bonds is 5. The van der Waals surface area contributed by atoms with Gasteiger partial charge in [-0.3, -0.25) is 4.90 Å². The van der Waals surface area contributed by atoms with Crippen molar-refractivity contribution in [2.45, 2.75) is 38.0 Å². The van der Waals surface area contributed by atoms with Gasteiger partial charge in [0.2, 0.25) is 10.0 Å². The zero-order valence-corrected chi connectivity index (χ0v) is 15.5. The zero-order valence-electron chi connectivity index (χ0n) is 14.7. The summed E-state index contributed by atoms with van der Waals surface area (Å²) in [5.41, 5.74) is 0.444. The highest BCUT2D eigenvalue weighted by Crippen LogP contribution is 2.24. The van der Waals surface area contributed by atoms with Crippen LogP contribution in [-0.2, 0) is 10.0 Å². The maximum absolute atomic E-state index is 12.8. The van der Waals surface area contributed by atoms with Gasteiger partial charge >= 0.3 is 0 Å². The van der Waals surface area contributed by atoms with Crippen LogP contribution in [0.3, 0.4) is 0 Å². The second kappa shape index (κ2) is 7.51. The van der Waals surface area contributed by atoms with Crippen LogP contribution >= 0.6 is 0 Å². The fourth-order valence-corrected chi connectivity index (χ4v) is 5.34. The Morgan fingerprint density at radius 2 is 1.50 bits per heavy atom. The van der Waals surface area contributed by atoms with Crippen LogP contribution in [0, 0.1) is 13.8 Å². The fraction of sp³-hybridized carbons (Fsp3) is 0.812. The number of nitrogens with zero attached hydrogens (tertiary/aromatic N) is 4. The summed E-state index contributed by atoms with van der Waals surface area (Å²) in [6, 6.07) is 0. The van der Waals surface area contributed by atoms with Gasteiger partial charge in [0.1, 0.15) is 10.6 Å². The Balaban J connectivity index is 1.53. The smallest absolute Gasteiger partial charge is 0.248 e. The van der Waals surface area contributed by atoms with Gasteiger partial charge in [-0.05, 0) is 39.8 Å². The first-order chi connectivity index (χ1) is 11.5. The molecule has 2 aliphatic heterocycles. The summed E-state index contributed by atoms with van der Waals surface area (Å²) in [5.74, 6) is 0.375. The van der Waals surface area contributed by atoms with Crippen LogP contribution < -0.4 is 0 Å².